The summed E-state index contributed by atoms with van der Waals surface area (Å²) >= 11 is 4.45. The maximum atomic E-state index is 6.11. The second-order valence-electron chi connectivity index (χ2n) is 6.78. The Hall–Kier alpha value is -0.905. The van der Waals surface area contributed by atoms with Gasteiger partial charge < -0.3 is 15.0 Å². The number of thiol groups is 1. The quantitative estimate of drug-likeness (QED) is 0.504. The molecule has 0 radical (unpaired) electrons. The van der Waals surface area contributed by atoms with Crippen LogP contribution in [-0.4, -0.2) is 24.1 Å². The monoisotopic (exact) mass is 319 g/mol. The molecule has 2 N–H and O–H groups in total. The van der Waals surface area contributed by atoms with Crippen LogP contribution in [0.2, 0.25) is 0 Å². The van der Waals surface area contributed by atoms with Crippen molar-refractivity contribution in [2.45, 2.75) is 52.2 Å². The molecule has 1 aliphatic rings. The number of rotatable bonds is 4. The van der Waals surface area contributed by atoms with Crippen LogP contribution in [0.3, 0.4) is 0 Å². The van der Waals surface area contributed by atoms with E-state index < -0.39 is 0 Å². The molecule has 1 fully saturated rings. The zero-order chi connectivity index (χ0) is 16.5. The molecule has 0 aromatic heterocycles. The first-order valence-corrected chi connectivity index (χ1v) is 8.39. The van der Waals surface area contributed by atoms with Gasteiger partial charge in [-0.3, -0.25) is 0 Å². The Morgan fingerprint density at radius 2 is 1.82 bits per heavy atom. The van der Waals surface area contributed by atoms with E-state index in [1.54, 1.807) is 0 Å². The van der Waals surface area contributed by atoms with E-state index in [1.807, 2.05) is 12.1 Å². The predicted molar refractivity (Wildman–Crippen MR) is 98.1 cm³/mol. The number of hydrogen-bond acceptors (Lipinski definition) is 4. The first-order chi connectivity index (χ1) is 10.2. The lowest BCUT2D eigenvalue weighted by molar-refractivity contribution is 0.00578. The Bertz CT molecular complexity index is 568. The lowest BCUT2D eigenvalue weighted by Gasteiger charge is -2.32. The van der Waals surface area contributed by atoms with Crippen LogP contribution in [0.5, 0.6) is 0 Å². The summed E-state index contributed by atoms with van der Waals surface area (Å²) < 4.78 is 12.2. The van der Waals surface area contributed by atoms with Crippen LogP contribution < -0.4 is 5.73 Å². The van der Waals surface area contributed by atoms with Crippen molar-refractivity contribution in [3.8, 4) is 0 Å². The fraction of sp³-hybridized carbons (Fsp3) is 0.529. The van der Waals surface area contributed by atoms with E-state index in [2.05, 4.69) is 59.4 Å². The van der Waals surface area contributed by atoms with Crippen molar-refractivity contribution in [2.24, 2.45) is 0 Å². The van der Waals surface area contributed by atoms with Crippen LogP contribution in [0.15, 0.2) is 23.7 Å². The molecule has 1 heterocycles. The molecule has 0 aliphatic carbocycles. The van der Waals surface area contributed by atoms with Gasteiger partial charge in [-0.25, -0.2) is 0 Å². The van der Waals surface area contributed by atoms with Gasteiger partial charge in [0.25, 0.3) is 0 Å². The molecule has 0 amide bonds. The molecule has 3 nitrogen and oxygen atoms in total. The molecule has 0 saturated carbocycles. The van der Waals surface area contributed by atoms with Crippen LogP contribution in [0, 0.1) is 0 Å². The number of hydrogen-bond donors (Lipinski definition) is 2. The van der Waals surface area contributed by atoms with Crippen LogP contribution in [0.1, 0.15) is 45.7 Å². The van der Waals surface area contributed by atoms with Gasteiger partial charge in [0.1, 0.15) is 0 Å². The first-order valence-electron chi connectivity index (χ1n) is 7.75. The van der Waals surface area contributed by atoms with E-state index in [0.29, 0.717) is 5.75 Å². The third-order valence-electron chi connectivity index (χ3n) is 4.64. The van der Waals surface area contributed by atoms with E-state index in [4.69, 9.17) is 15.0 Å². The minimum Gasteiger partial charge on any atom is -0.400 e. The summed E-state index contributed by atoms with van der Waals surface area (Å²) in [6.07, 6.45) is 3.03. The minimum absolute atomic E-state index is 0.351. The highest BCUT2D eigenvalue weighted by atomic mass is 32.1. The Morgan fingerprint density at radius 3 is 2.32 bits per heavy atom. The van der Waals surface area contributed by atoms with E-state index in [-0.39, 0.29) is 18.3 Å². The largest absolute Gasteiger partial charge is 0.491 e. The molecule has 120 valence electrons. The molecule has 1 aliphatic heterocycles. The van der Waals surface area contributed by atoms with Gasteiger partial charge in [-0.2, -0.15) is 12.6 Å². The second kappa shape index (κ2) is 6.30. The molecule has 5 heteroatoms. The highest BCUT2D eigenvalue weighted by Gasteiger charge is 2.52. The standard InChI is InChI=1S/C17H26BNO2S/c1-6-12-7-8-15(19)13(9-12)10-14(11-22)18-20-16(2,3)17(4,5)21-18/h7-10,22H,6,11,19H2,1-5H3. The molecule has 1 saturated heterocycles. The van der Waals surface area contributed by atoms with E-state index in [9.17, 15) is 0 Å². The number of nitrogen functional groups attached to an aromatic ring is 1. The SMILES string of the molecule is CCc1ccc(N)c(C=C(CS)B2OC(C)(C)C(C)(C)O2)c1. The van der Waals surface area contributed by atoms with Crippen molar-refractivity contribution >= 4 is 31.5 Å². The van der Waals surface area contributed by atoms with Gasteiger partial charge in [-0.15, -0.1) is 0 Å². The average molecular weight is 319 g/mol. The molecule has 1 aromatic carbocycles. The third kappa shape index (κ3) is 3.37. The van der Waals surface area contributed by atoms with E-state index in [0.717, 1.165) is 23.1 Å². The highest BCUT2D eigenvalue weighted by Crippen LogP contribution is 2.39. The normalized spacial score (nSPS) is 20.5. The second-order valence-corrected chi connectivity index (χ2v) is 7.10. The lowest BCUT2D eigenvalue weighted by atomic mass is 9.78. The summed E-state index contributed by atoms with van der Waals surface area (Å²) in [4.78, 5) is 0. The Balaban J connectivity index is 2.33. The molecule has 22 heavy (non-hydrogen) atoms. The third-order valence-corrected chi connectivity index (χ3v) is 5.00. The molecule has 1 aromatic rings. The van der Waals surface area contributed by atoms with Gasteiger partial charge >= 0.3 is 7.12 Å². The predicted octanol–water partition coefficient (Wildman–Crippen LogP) is 3.78. The molecule has 0 atom stereocenters. The zero-order valence-corrected chi connectivity index (χ0v) is 15.0. The van der Waals surface area contributed by atoms with Gasteiger partial charge in [-0.05, 0) is 62.8 Å². The topological polar surface area (TPSA) is 44.5 Å². The maximum absolute atomic E-state index is 6.11. The molecule has 0 unspecified atom stereocenters. The van der Waals surface area contributed by atoms with Crippen molar-refractivity contribution in [1.82, 2.24) is 0 Å². The van der Waals surface area contributed by atoms with Crippen LogP contribution in [-0.2, 0) is 15.7 Å². The van der Waals surface area contributed by atoms with Crippen molar-refractivity contribution in [3.05, 3.63) is 34.8 Å². The van der Waals surface area contributed by atoms with Gasteiger partial charge in [0.05, 0.1) is 11.2 Å². The van der Waals surface area contributed by atoms with Gasteiger partial charge in [-0.1, -0.05) is 19.1 Å². The Kier molecular flexibility index (Phi) is 5.00. The first kappa shape index (κ1) is 17.4. The fourth-order valence-corrected chi connectivity index (χ4v) is 2.59. The minimum atomic E-state index is -0.382. The summed E-state index contributed by atoms with van der Waals surface area (Å²) in [7, 11) is -0.382. The van der Waals surface area contributed by atoms with Crippen LogP contribution in [0.4, 0.5) is 5.69 Å². The van der Waals surface area contributed by atoms with Gasteiger partial charge in [0, 0.05) is 11.4 Å². The van der Waals surface area contributed by atoms with Crippen molar-refractivity contribution in [2.75, 3.05) is 11.5 Å². The van der Waals surface area contributed by atoms with E-state index in [1.165, 1.54) is 5.56 Å². The highest BCUT2D eigenvalue weighted by molar-refractivity contribution is 7.80. The number of anilines is 1. The molecular formula is C17H26BNO2S. The van der Waals surface area contributed by atoms with Crippen molar-refractivity contribution < 1.29 is 9.31 Å². The van der Waals surface area contributed by atoms with Crippen molar-refractivity contribution in [1.29, 1.82) is 0 Å². The molecular weight excluding hydrogens is 293 g/mol. The zero-order valence-electron chi connectivity index (χ0n) is 14.1. The maximum Gasteiger partial charge on any atom is 0.491 e. The number of benzene rings is 1. The lowest BCUT2D eigenvalue weighted by Crippen LogP contribution is -2.41. The number of aryl methyl sites for hydroxylation is 1. The van der Waals surface area contributed by atoms with Crippen molar-refractivity contribution in [3.63, 3.8) is 0 Å². The fourth-order valence-electron chi connectivity index (χ4n) is 2.35. The summed E-state index contributed by atoms with van der Waals surface area (Å²) in [6, 6.07) is 6.12. The van der Waals surface area contributed by atoms with Crippen LogP contribution >= 0.6 is 12.6 Å². The Morgan fingerprint density at radius 1 is 1.23 bits per heavy atom. The Labute approximate surface area is 139 Å². The number of nitrogens with two attached hydrogens (primary N) is 1. The van der Waals surface area contributed by atoms with Gasteiger partial charge in [0.2, 0.25) is 0 Å². The molecule has 2 rings (SSSR count). The summed E-state index contributed by atoms with van der Waals surface area (Å²) in [5, 5.41) is 0. The summed E-state index contributed by atoms with van der Waals surface area (Å²) in [5.74, 6) is 0.562. The molecule has 0 bridgehead atoms. The van der Waals surface area contributed by atoms with E-state index >= 15 is 0 Å². The van der Waals surface area contributed by atoms with Gasteiger partial charge in [0.15, 0.2) is 0 Å². The summed E-state index contributed by atoms with van der Waals surface area (Å²) in [5.41, 5.74) is 9.40. The summed E-state index contributed by atoms with van der Waals surface area (Å²) in [6.45, 7) is 10.3. The smallest absolute Gasteiger partial charge is 0.400 e. The molecule has 0 spiro atoms. The van der Waals surface area contributed by atoms with Crippen LogP contribution in [0.25, 0.3) is 6.08 Å². The average Bonchev–Trinajstić information content (AvgIpc) is 2.66.